The number of aromatic nitrogens is 11. The number of piperazine rings is 2. The van der Waals surface area contributed by atoms with Crippen LogP contribution in [0.4, 0.5) is 0 Å². The monoisotopic (exact) mass is 1920 g/mol. The van der Waals surface area contributed by atoms with Crippen LogP contribution in [0.25, 0.3) is 0 Å². The first-order valence-corrected chi connectivity index (χ1v) is 48.2. The molecule has 53 heteroatoms. The molecule has 0 aliphatic carbocycles. The fraction of sp³-hybridized carbons (Fsp3) is 0.365. The maximum atomic E-state index is 11.6. The van der Waals surface area contributed by atoms with Crippen molar-refractivity contribution in [3.8, 4) is 28.7 Å². The van der Waals surface area contributed by atoms with E-state index in [-0.39, 0.29) is 88.1 Å². The Balaban J connectivity index is 0.000000137. The number of hydrogen-bond donors (Lipinski definition) is 16. The predicted octanol–water partition coefficient (Wildman–Crippen LogP) is 6.06. The van der Waals surface area contributed by atoms with Gasteiger partial charge in [-0.3, -0.25) is 25.3 Å². The fourth-order valence-corrected chi connectivity index (χ4v) is 24.6. The average molecular weight is 1920 g/mol. The van der Waals surface area contributed by atoms with Crippen molar-refractivity contribution in [3.05, 3.63) is 168 Å². The van der Waals surface area contributed by atoms with E-state index in [9.17, 15) is 74.6 Å². The molecule has 12 heterocycles. The molecule has 5 aromatic heterocycles. The van der Waals surface area contributed by atoms with E-state index >= 15 is 0 Å². The summed E-state index contributed by atoms with van der Waals surface area (Å²) in [6.07, 6.45) is 5.57. The van der Waals surface area contributed by atoms with Crippen LogP contribution < -0.4 is 45.5 Å². The Kier molecular flexibility index (Phi) is 33.3. The summed E-state index contributed by atoms with van der Waals surface area (Å²) in [5, 5.41) is 143. The van der Waals surface area contributed by atoms with Crippen molar-refractivity contribution < 1.29 is 97.9 Å². The Bertz CT molecular complexity index is 5480. The molecule has 7 aliphatic heterocycles. The van der Waals surface area contributed by atoms with Gasteiger partial charge in [-0.15, -0.1) is 53.7 Å². The molecule has 17 rings (SSSR count). The number of nitrogens with two attached hydrogens (primary N) is 2. The highest BCUT2D eigenvalue weighted by Gasteiger charge is 2.45. The minimum atomic E-state index is -1.18. The van der Waals surface area contributed by atoms with Crippen LogP contribution in [0.2, 0.25) is 0 Å². The topological polar surface area (TPSA) is 577 Å². The number of nitrogens with one attached hydrogen (secondary N) is 4. The van der Waals surface area contributed by atoms with Gasteiger partial charge in [-0.05, 0) is 122 Å². The first kappa shape index (κ1) is 95.7. The lowest BCUT2D eigenvalue weighted by molar-refractivity contribution is 0.0682. The summed E-state index contributed by atoms with van der Waals surface area (Å²) in [5.41, 5.74) is 14.5. The highest BCUT2D eigenvalue weighted by atomic mass is 32.2. The molecule has 0 saturated carbocycles. The largest absolute Gasteiger partial charge is 0.537 e. The summed E-state index contributed by atoms with van der Waals surface area (Å²) in [6, 6.07) is 18.0. The number of aromatic amines is 1. The lowest BCUT2D eigenvalue weighted by Crippen LogP contribution is -2.44. The van der Waals surface area contributed by atoms with Crippen molar-refractivity contribution in [1.82, 2.24) is 75.9 Å². The van der Waals surface area contributed by atoms with Crippen molar-refractivity contribution in [3.63, 3.8) is 0 Å². The van der Waals surface area contributed by atoms with E-state index < -0.39 is 65.4 Å². The Morgan fingerprint density at radius 1 is 0.488 bits per heavy atom. The zero-order valence-electron chi connectivity index (χ0n) is 68.5. The second-order valence-corrected chi connectivity index (χ2v) is 41.8. The Labute approximate surface area is 770 Å². The van der Waals surface area contributed by atoms with Gasteiger partial charge in [-0.2, -0.15) is 5.10 Å². The van der Waals surface area contributed by atoms with Crippen LogP contribution in [0, 0.1) is 40.0 Å². The molecule has 18 N–H and O–H groups in total. The molecule has 38 nitrogen and oxygen atoms in total. The van der Waals surface area contributed by atoms with Gasteiger partial charge in [0.05, 0.1) is 54.0 Å². The molecule has 7 aliphatic rings. The first-order chi connectivity index (χ1) is 60.9. The molecule has 666 valence electrons. The van der Waals surface area contributed by atoms with Crippen LogP contribution >= 0.6 is 116 Å². The molecular formula is C74H85B5N18O20S10. The minimum absolute atomic E-state index is 0.0663. The van der Waals surface area contributed by atoms with Gasteiger partial charge in [0.1, 0.15) is 68.7 Å². The molecule has 0 spiro atoms. The van der Waals surface area contributed by atoms with Gasteiger partial charge in [0.2, 0.25) is 5.16 Å². The van der Waals surface area contributed by atoms with E-state index in [4.69, 9.17) is 40.3 Å². The van der Waals surface area contributed by atoms with E-state index in [2.05, 4.69) is 71.2 Å². The lowest BCUT2D eigenvalue weighted by Gasteiger charge is -2.28. The van der Waals surface area contributed by atoms with Crippen LogP contribution in [0.3, 0.4) is 0 Å². The number of thiazole rings is 1. The van der Waals surface area contributed by atoms with Crippen LogP contribution in [-0.4, -0.2) is 283 Å². The maximum Gasteiger partial charge on any atom is 0.537 e. The summed E-state index contributed by atoms with van der Waals surface area (Å²) in [4.78, 5) is 70.0. The quantitative estimate of drug-likeness (QED) is 0.0107. The summed E-state index contributed by atoms with van der Waals surface area (Å²) in [5.74, 6) is 4.22. The number of carboxylic acids is 5. The minimum Gasteiger partial charge on any atom is -0.535 e. The van der Waals surface area contributed by atoms with Crippen LogP contribution in [0.1, 0.15) is 113 Å². The molecule has 0 unspecified atom stereocenters. The molecule has 0 radical (unpaired) electrons. The number of aryl methyl sites for hydroxylation is 5. The molecule has 0 amide bonds. The van der Waals surface area contributed by atoms with Crippen molar-refractivity contribution in [2.24, 2.45) is 5.73 Å². The van der Waals surface area contributed by atoms with Gasteiger partial charge < -0.3 is 96.1 Å². The summed E-state index contributed by atoms with van der Waals surface area (Å²) in [7, 11) is -5.57. The summed E-state index contributed by atoms with van der Waals surface area (Å²) < 4.78 is 33.2. The van der Waals surface area contributed by atoms with Gasteiger partial charge in [0.15, 0.2) is 28.3 Å². The molecule has 5 atom stereocenters. The van der Waals surface area contributed by atoms with E-state index in [0.717, 1.165) is 105 Å². The average Bonchev–Trinajstić information content (AvgIpc) is 1.30. The van der Waals surface area contributed by atoms with Crippen molar-refractivity contribution >= 4 is 188 Å². The number of H-pyrrole nitrogens is 1. The Morgan fingerprint density at radius 2 is 0.850 bits per heavy atom. The number of carbonyl (C=O) groups is 5. The molecule has 127 heavy (non-hydrogen) atoms. The summed E-state index contributed by atoms with van der Waals surface area (Å²) >= 11 is 14.2. The lowest BCUT2D eigenvalue weighted by atomic mass is 9.77. The SMILES string of the molecule is Cc1ccc2c(c1C(=O)O)OB(O)[C@@H](Sc1cncs1)C2.Cc1ccc2c(c1C(=O)O)OB(O)[C@@H](Sc1ncn[nH]1)C2.Cc1ccc2c(c1C(=O)O)OB(O)[C@@H](Sc1nnc(CN3CCNCC3)n1N)C2.Cc1ccc2c(c1C(=O)O)OB(O)[C@@H](Sc1nnc(SCC(=N)N)s1)C2.Cc1ccc2c(c1C(=O)O)OB(O)[C@@H](Sc1nnc(SCCN3CCNCC3)s1)C2. The number of rotatable bonds is 24. The van der Waals surface area contributed by atoms with Gasteiger partial charge in [0, 0.05) is 64.7 Å². The maximum absolute atomic E-state index is 11.6. The zero-order chi connectivity index (χ0) is 90.4. The third-order valence-electron chi connectivity index (χ3n) is 20.6. The Morgan fingerprint density at radius 3 is 1.21 bits per heavy atom. The number of hydrogen-bond acceptors (Lipinski definition) is 40. The molecule has 10 aromatic rings. The fourth-order valence-electron chi connectivity index (χ4n) is 14.2. The normalized spacial score (nSPS) is 18.1. The number of amidine groups is 1. The van der Waals surface area contributed by atoms with Gasteiger partial charge >= 0.3 is 65.4 Å². The van der Waals surface area contributed by atoms with Crippen molar-refractivity contribution in [2.75, 3.05) is 76.3 Å². The van der Waals surface area contributed by atoms with Crippen LogP contribution in [0.15, 0.2) is 111 Å². The molecule has 5 aromatic carbocycles. The second kappa shape index (κ2) is 44.2. The Hall–Kier alpha value is -8.84. The van der Waals surface area contributed by atoms with Crippen LogP contribution in [-0.2, 0) is 38.6 Å². The number of nitrogens with zero attached hydrogens (tertiary/aromatic N) is 12. The number of benzene rings is 5. The third-order valence-corrected chi connectivity index (χ3v) is 31.8. The first-order valence-electron chi connectivity index (χ1n) is 39.3. The number of aromatic carboxylic acids is 5. The van der Waals surface area contributed by atoms with Gasteiger partial charge in [-0.25, -0.2) is 33.6 Å². The molecule has 2 fully saturated rings. The number of fused-ring (bicyclic) bond motifs is 5. The highest BCUT2D eigenvalue weighted by Crippen LogP contribution is 2.45. The number of nitrogen functional groups attached to an aromatic ring is 1. The number of carboxylic acid groups (broad SMARTS) is 5. The van der Waals surface area contributed by atoms with E-state index in [1.807, 2.05) is 30.3 Å². The number of thioether (sulfide) groups is 7. The highest BCUT2D eigenvalue weighted by molar-refractivity contribution is 8.05. The van der Waals surface area contributed by atoms with E-state index in [0.29, 0.717) is 97.0 Å². The van der Waals surface area contributed by atoms with E-state index in [1.54, 1.807) is 88.4 Å². The van der Waals surface area contributed by atoms with Gasteiger partial charge in [-0.1, -0.05) is 154 Å². The van der Waals surface area contributed by atoms with Crippen molar-refractivity contribution in [1.29, 1.82) is 5.41 Å². The second-order valence-electron chi connectivity index (χ2n) is 29.4. The third kappa shape index (κ3) is 24.4. The standard InChI is InChI=1S/C18H23BN4O4S3.C17H23BN6O4S.C14H15BN4O4S3.C13H12BNO4S2.C12H12BN3O4S/c1-11-2-3-12-10-13(19(26)27-15(12)14(11)16(24)25)29-18-22-21-17(30-18)28-9-8-23-6-4-20-5-7-23;1-10-2-3-11-8-12(18(27)28-15(11)14(10)16(25)26)29-17-22-21-13(24(17)19)9-23-6-4-20-5-7-23;1-6-2-3-7-4-8(15(22)23-11(7)10(6)12(20)21)25-14-19-18-13(26-14)24-5-9(16)17;1-7-2-3-8-4-9(21-10-5-15-6-20-10)14(18)19-12(8)11(7)13(16)17;1-6-2-3-7-4-8(21-12-14-5-15-16-12)13(19)20-10(7)9(6)11(17)18/h2-3,13,20,26H,4-10H2,1H3,(H,24,25);2-3,12,20,27H,4-9,19H2,1H3,(H,25,26);2-3,8,22H,4-5H2,1H3,(H3,16,17)(H,20,21);2-3,5-6,9,18H,4H2,1H3,(H,16,17);2-3,5,8,19H,4H2,1H3,(H,17,18)(H,14,15,16)/t13-;12-;8-;9-;8-/m00000/s1. The zero-order valence-corrected chi connectivity index (χ0v) is 76.6. The predicted molar refractivity (Wildman–Crippen MR) is 490 cm³/mol. The molecular weight excluding hydrogens is 1840 g/mol. The molecule has 2 saturated heterocycles. The van der Waals surface area contributed by atoms with Crippen molar-refractivity contribution in [2.45, 2.75) is 131 Å². The summed E-state index contributed by atoms with van der Waals surface area (Å²) in [6.45, 7) is 18.2. The van der Waals surface area contributed by atoms with E-state index in [1.165, 1.54) is 116 Å². The van der Waals surface area contributed by atoms with Gasteiger partial charge in [0.25, 0.3) is 0 Å². The smallest absolute Gasteiger partial charge is 0.535 e. The van der Waals surface area contributed by atoms with Crippen LogP contribution in [0.5, 0.6) is 28.7 Å². The molecule has 0 bridgehead atoms.